The van der Waals surface area contributed by atoms with Crippen LogP contribution in [0.15, 0.2) is 61.7 Å². The van der Waals surface area contributed by atoms with Gasteiger partial charge < -0.3 is 25.4 Å². The Morgan fingerprint density at radius 3 is 2.38 bits per heavy atom. The normalized spacial score (nSPS) is 15.3. The van der Waals surface area contributed by atoms with Crippen LogP contribution in [0.5, 0.6) is 5.75 Å². The Morgan fingerprint density at radius 2 is 1.77 bits per heavy atom. The van der Waals surface area contributed by atoms with Crippen molar-refractivity contribution in [3.8, 4) is 5.75 Å². The molecule has 14 heteroatoms. The number of rotatable bonds is 17. The smallest absolute Gasteiger partial charge is 0.419 e. The molecule has 1 aliphatic rings. The summed E-state index contributed by atoms with van der Waals surface area (Å²) in [7, 11) is 0.290. The number of nitrogens with one attached hydrogen (secondary N) is 1. The summed E-state index contributed by atoms with van der Waals surface area (Å²) in [6.45, 7) is 10.6. The molecular formula is C34H43F3N4O6S. The number of piperidine rings is 1. The first-order chi connectivity index (χ1) is 22.7. The van der Waals surface area contributed by atoms with Crippen molar-refractivity contribution in [3.05, 3.63) is 89.5 Å². The second-order valence-corrected chi connectivity index (χ2v) is 13.0. The maximum atomic E-state index is 13.5. The van der Waals surface area contributed by atoms with E-state index in [4.69, 9.17) is 15.2 Å². The van der Waals surface area contributed by atoms with Gasteiger partial charge in [0.15, 0.2) is 0 Å². The van der Waals surface area contributed by atoms with E-state index in [1.54, 1.807) is 34.5 Å². The van der Waals surface area contributed by atoms with E-state index in [0.717, 1.165) is 29.3 Å². The number of alkyl halides is 3. The fourth-order valence-corrected chi connectivity index (χ4v) is 6.43. The summed E-state index contributed by atoms with van der Waals surface area (Å²) in [5.74, 6) is -1.93. The van der Waals surface area contributed by atoms with E-state index in [0.29, 0.717) is 43.9 Å². The minimum absolute atomic E-state index is 0.0606. The van der Waals surface area contributed by atoms with Crippen molar-refractivity contribution in [2.75, 3.05) is 52.3 Å². The van der Waals surface area contributed by atoms with Crippen LogP contribution < -0.4 is 15.8 Å². The Kier molecular flexibility index (Phi) is 13.9. The predicted octanol–water partition coefficient (Wildman–Crippen LogP) is 4.20. The van der Waals surface area contributed by atoms with E-state index in [9.17, 15) is 31.8 Å². The van der Waals surface area contributed by atoms with Crippen molar-refractivity contribution in [3.63, 3.8) is 0 Å². The third-order valence-corrected chi connectivity index (χ3v) is 9.60. The van der Waals surface area contributed by atoms with Crippen LogP contribution in [-0.2, 0) is 33.1 Å². The number of primary amides is 1. The number of likely N-dealkylation sites (N-methyl/N-ethyl adjacent to an activating group) is 1. The summed E-state index contributed by atoms with van der Waals surface area (Å²) in [6.07, 6.45) is -0.659. The Bertz CT molecular complexity index is 1510. The Morgan fingerprint density at radius 1 is 1.08 bits per heavy atom. The van der Waals surface area contributed by atoms with Crippen LogP contribution >= 0.6 is 0 Å². The molecule has 0 spiro atoms. The highest BCUT2D eigenvalue weighted by atomic mass is 32.2. The molecule has 1 fully saturated rings. The van der Waals surface area contributed by atoms with Gasteiger partial charge in [0.05, 0.1) is 36.4 Å². The van der Waals surface area contributed by atoms with Gasteiger partial charge in [-0.15, -0.1) is 13.2 Å². The summed E-state index contributed by atoms with van der Waals surface area (Å²) in [5.41, 5.74) is 5.45. The van der Waals surface area contributed by atoms with Crippen molar-refractivity contribution >= 4 is 28.7 Å². The molecule has 1 saturated heterocycles. The Labute approximate surface area is 281 Å². The highest BCUT2D eigenvalue weighted by Gasteiger charge is 2.43. The molecule has 3 amide bonds. The van der Waals surface area contributed by atoms with Crippen molar-refractivity contribution in [1.82, 2.24) is 14.5 Å². The fraction of sp³-hybridized carbons (Fsp3) is 0.441. The minimum Gasteiger partial charge on any atom is -0.493 e. The van der Waals surface area contributed by atoms with Crippen LogP contribution in [-0.4, -0.2) is 88.9 Å². The number of carbonyl (C=O) groups excluding carboxylic acids is 3. The molecule has 3 rings (SSSR count). The maximum Gasteiger partial charge on any atom is 0.419 e. The molecular weight excluding hydrogens is 649 g/mol. The van der Waals surface area contributed by atoms with E-state index >= 15 is 0 Å². The van der Waals surface area contributed by atoms with Crippen LogP contribution in [0.25, 0.3) is 0 Å². The second kappa shape index (κ2) is 17.4. The number of hydrogen-bond donors (Lipinski definition) is 2. The number of ether oxygens (including phenoxy) is 2. The molecule has 3 N–H and O–H groups in total. The molecule has 1 unspecified atom stereocenters. The lowest BCUT2D eigenvalue weighted by Crippen LogP contribution is -2.62. The zero-order valence-corrected chi connectivity index (χ0v) is 28.1. The highest BCUT2D eigenvalue weighted by molar-refractivity contribution is 7.82. The Balaban J connectivity index is 1.60. The van der Waals surface area contributed by atoms with Crippen molar-refractivity contribution in [2.24, 2.45) is 5.73 Å². The quantitative estimate of drug-likeness (QED) is 0.189. The van der Waals surface area contributed by atoms with Gasteiger partial charge in [-0.2, -0.15) is 13.2 Å². The molecule has 1 heterocycles. The molecule has 0 radical (unpaired) electrons. The molecule has 2 aromatic carbocycles. The topological polar surface area (TPSA) is 131 Å². The van der Waals surface area contributed by atoms with Gasteiger partial charge in [0.25, 0.3) is 11.8 Å². The molecule has 0 saturated carbocycles. The van der Waals surface area contributed by atoms with Crippen LogP contribution in [0.2, 0.25) is 0 Å². The van der Waals surface area contributed by atoms with E-state index in [2.05, 4.69) is 18.5 Å². The van der Waals surface area contributed by atoms with E-state index < -0.39 is 45.8 Å². The number of hydrogen-bond acceptors (Lipinski definition) is 6. The van der Waals surface area contributed by atoms with Gasteiger partial charge in [-0.1, -0.05) is 18.2 Å². The molecule has 48 heavy (non-hydrogen) atoms. The number of nitrogens with zero attached hydrogens (tertiary/aromatic N) is 2. The summed E-state index contributed by atoms with van der Waals surface area (Å²) >= 11 is 0. The number of halogens is 3. The zero-order valence-electron chi connectivity index (χ0n) is 27.3. The van der Waals surface area contributed by atoms with Crippen molar-refractivity contribution < 1.29 is 41.2 Å². The minimum atomic E-state index is -4.70. The molecule has 1 aliphatic heterocycles. The van der Waals surface area contributed by atoms with Gasteiger partial charge in [-0.3, -0.25) is 14.4 Å². The first kappa shape index (κ1) is 38.4. The molecule has 0 aromatic heterocycles. The van der Waals surface area contributed by atoms with Crippen LogP contribution in [0, 0.1) is 6.92 Å². The fourth-order valence-electron chi connectivity index (χ4n) is 5.19. The monoisotopic (exact) mass is 692 g/mol. The van der Waals surface area contributed by atoms with E-state index in [-0.39, 0.29) is 44.0 Å². The first-order valence-electron chi connectivity index (χ1n) is 15.5. The first-order valence-corrected chi connectivity index (χ1v) is 16.7. The number of nitrogens with two attached hydrogens (primary N) is 1. The van der Waals surface area contributed by atoms with Gasteiger partial charge in [0.1, 0.15) is 11.3 Å². The predicted molar refractivity (Wildman–Crippen MR) is 178 cm³/mol. The maximum absolute atomic E-state index is 13.5. The molecule has 1 atom stereocenters. The summed E-state index contributed by atoms with van der Waals surface area (Å²) < 4.78 is 66.1. The SMILES string of the molecule is C=CCCOc1cc(C(=O)NC2(C(N)=O)CCN(S(=O)CCc3ccc(C(=O)N(C)CCOCC=C)cc3C)CC2)ccc1C(F)(F)F. The summed E-state index contributed by atoms with van der Waals surface area (Å²) in [5, 5.41) is 2.63. The molecule has 10 nitrogen and oxygen atoms in total. The Hall–Kier alpha value is -4.01. The van der Waals surface area contributed by atoms with Crippen LogP contribution in [0.3, 0.4) is 0 Å². The number of carbonyl (C=O) groups is 3. The lowest BCUT2D eigenvalue weighted by molar-refractivity contribution is -0.139. The summed E-state index contributed by atoms with van der Waals surface area (Å²) in [6, 6.07) is 8.16. The van der Waals surface area contributed by atoms with Gasteiger partial charge in [0, 0.05) is 43.6 Å². The van der Waals surface area contributed by atoms with Gasteiger partial charge in [0.2, 0.25) is 5.91 Å². The average Bonchev–Trinajstić information content (AvgIpc) is 3.05. The molecule has 262 valence electrons. The third-order valence-electron chi connectivity index (χ3n) is 8.11. The van der Waals surface area contributed by atoms with E-state index in [1.807, 2.05) is 13.0 Å². The summed E-state index contributed by atoms with van der Waals surface area (Å²) in [4.78, 5) is 40.1. The highest BCUT2D eigenvalue weighted by Crippen LogP contribution is 2.37. The van der Waals surface area contributed by atoms with Gasteiger partial charge in [-0.25, -0.2) is 8.51 Å². The van der Waals surface area contributed by atoms with E-state index in [1.165, 1.54) is 6.08 Å². The van der Waals surface area contributed by atoms with Crippen molar-refractivity contribution in [2.45, 2.75) is 44.3 Å². The van der Waals surface area contributed by atoms with Crippen molar-refractivity contribution in [1.29, 1.82) is 0 Å². The number of aryl methyl sites for hydroxylation is 2. The molecule has 0 aliphatic carbocycles. The lowest BCUT2D eigenvalue weighted by atomic mass is 9.87. The standard InChI is InChI=1S/C34H43F3N4O6S/c1-5-7-19-47-29-23-26(10-11-28(29)34(35,36)37)30(42)39-33(32(38)44)13-15-41(16-14-33)48(45)21-12-25-8-9-27(22-24(25)3)31(43)40(4)17-20-46-18-6-2/h5-6,8-11,22-23H,1-2,7,12-21H2,3-4H3,(H2,38,44)(H,39,42). The average molecular weight is 693 g/mol. The van der Waals surface area contributed by atoms with Gasteiger partial charge >= 0.3 is 6.18 Å². The van der Waals surface area contributed by atoms with Crippen LogP contribution in [0.1, 0.15) is 56.7 Å². The second-order valence-electron chi connectivity index (χ2n) is 11.5. The largest absolute Gasteiger partial charge is 0.493 e. The zero-order chi connectivity index (χ0) is 35.5. The lowest BCUT2D eigenvalue weighted by Gasteiger charge is -2.39. The number of benzene rings is 2. The number of amides is 3. The third kappa shape index (κ3) is 10.2. The van der Waals surface area contributed by atoms with Crippen LogP contribution in [0.4, 0.5) is 13.2 Å². The molecule has 2 aromatic rings. The molecule has 0 bridgehead atoms. The van der Waals surface area contributed by atoms with Gasteiger partial charge in [-0.05, 0) is 74.1 Å².